The van der Waals surface area contributed by atoms with Gasteiger partial charge in [0.15, 0.2) is 28.8 Å². The van der Waals surface area contributed by atoms with Gasteiger partial charge in [-0.15, -0.1) is 0 Å². The van der Waals surface area contributed by atoms with Crippen molar-refractivity contribution in [3.63, 3.8) is 0 Å². The van der Waals surface area contributed by atoms with Gasteiger partial charge >= 0.3 is 0 Å². The standard InChI is InChI=1S/C27H28O8/c1-30-21-15-17(12-14-20(21)35-16-18-9-7-6-8-10-18)11-13-19(28)22-23(29)25(32-3)27(34-5)26(33-4)24(22)31-2/h6-15,29H,16H2,1-5H3/b13-11+. The molecule has 35 heavy (non-hydrogen) atoms. The van der Waals surface area contributed by atoms with E-state index in [2.05, 4.69) is 0 Å². The lowest BCUT2D eigenvalue weighted by Gasteiger charge is -2.19. The Morgan fingerprint density at radius 1 is 0.771 bits per heavy atom. The van der Waals surface area contributed by atoms with Gasteiger partial charge in [-0.1, -0.05) is 42.5 Å². The van der Waals surface area contributed by atoms with Crippen molar-refractivity contribution in [2.75, 3.05) is 35.5 Å². The summed E-state index contributed by atoms with van der Waals surface area (Å²) in [6, 6.07) is 15.1. The number of rotatable bonds is 11. The third-order valence-electron chi connectivity index (χ3n) is 5.21. The van der Waals surface area contributed by atoms with Crippen LogP contribution in [-0.2, 0) is 6.61 Å². The van der Waals surface area contributed by atoms with Gasteiger partial charge in [0.2, 0.25) is 17.2 Å². The molecule has 3 rings (SSSR count). The number of benzene rings is 3. The van der Waals surface area contributed by atoms with Crippen LogP contribution in [0, 0.1) is 0 Å². The summed E-state index contributed by atoms with van der Waals surface area (Å²) in [5.41, 5.74) is 1.60. The van der Waals surface area contributed by atoms with Gasteiger partial charge in [-0.25, -0.2) is 0 Å². The summed E-state index contributed by atoms with van der Waals surface area (Å²) in [7, 11) is 7.04. The molecule has 1 N–H and O–H groups in total. The summed E-state index contributed by atoms with van der Waals surface area (Å²) in [4.78, 5) is 13.1. The van der Waals surface area contributed by atoms with Gasteiger partial charge in [-0.05, 0) is 29.3 Å². The molecule has 0 bridgehead atoms. The van der Waals surface area contributed by atoms with Crippen LogP contribution in [0.25, 0.3) is 6.08 Å². The van der Waals surface area contributed by atoms with Crippen molar-refractivity contribution in [2.24, 2.45) is 0 Å². The zero-order valence-corrected chi connectivity index (χ0v) is 20.3. The second-order valence-corrected chi connectivity index (χ2v) is 7.24. The molecule has 184 valence electrons. The normalized spacial score (nSPS) is 10.7. The van der Waals surface area contributed by atoms with Gasteiger partial charge in [0.25, 0.3) is 0 Å². The topological polar surface area (TPSA) is 92.7 Å². The summed E-state index contributed by atoms with van der Waals surface area (Å²) in [6.07, 6.45) is 2.90. The minimum Gasteiger partial charge on any atom is -0.504 e. The molecule has 0 aliphatic carbocycles. The number of ether oxygens (including phenoxy) is 6. The highest BCUT2D eigenvalue weighted by Gasteiger charge is 2.30. The average molecular weight is 481 g/mol. The number of aromatic hydroxyl groups is 1. The number of hydrogen-bond donors (Lipinski definition) is 1. The highest BCUT2D eigenvalue weighted by atomic mass is 16.5. The molecular formula is C27H28O8. The lowest BCUT2D eigenvalue weighted by atomic mass is 10.0. The van der Waals surface area contributed by atoms with Crippen molar-refractivity contribution in [1.29, 1.82) is 0 Å². The molecule has 0 fully saturated rings. The molecule has 3 aromatic rings. The zero-order chi connectivity index (χ0) is 25.4. The minimum atomic E-state index is -0.526. The summed E-state index contributed by atoms with van der Waals surface area (Å²) in [5, 5.41) is 10.7. The quantitative estimate of drug-likeness (QED) is 0.306. The molecule has 0 atom stereocenters. The highest BCUT2D eigenvalue weighted by Crippen LogP contribution is 2.53. The molecule has 8 heteroatoms. The van der Waals surface area contributed by atoms with Crippen molar-refractivity contribution in [3.05, 3.63) is 71.3 Å². The Bertz CT molecular complexity index is 1200. The largest absolute Gasteiger partial charge is 0.504 e. The maximum absolute atomic E-state index is 13.1. The van der Waals surface area contributed by atoms with E-state index in [0.717, 1.165) is 5.56 Å². The van der Waals surface area contributed by atoms with E-state index in [1.807, 2.05) is 30.3 Å². The van der Waals surface area contributed by atoms with E-state index < -0.39 is 11.5 Å². The van der Waals surface area contributed by atoms with E-state index in [-0.39, 0.29) is 28.6 Å². The molecule has 0 spiro atoms. The molecule has 0 saturated carbocycles. The van der Waals surface area contributed by atoms with Crippen LogP contribution in [0.5, 0.6) is 40.2 Å². The Labute approximate surface area is 204 Å². The molecule has 3 aromatic carbocycles. The first-order valence-corrected chi connectivity index (χ1v) is 10.6. The number of carbonyl (C=O) groups excluding carboxylic acids is 1. The van der Waals surface area contributed by atoms with E-state index in [1.54, 1.807) is 31.4 Å². The number of phenols is 1. The fourth-order valence-corrected chi connectivity index (χ4v) is 3.53. The monoisotopic (exact) mass is 480 g/mol. The predicted molar refractivity (Wildman–Crippen MR) is 131 cm³/mol. The minimum absolute atomic E-state index is 0.0274. The van der Waals surface area contributed by atoms with Gasteiger partial charge in [0.1, 0.15) is 12.2 Å². The maximum atomic E-state index is 13.1. The third kappa shape index (κ3) is 5.43. The Balaban J connectivity index is 1.89. The highest BCUT2D eigenvalue weighted by molar-refractivity contribution is 6.12. The van der Waals surface area contributed by atoms with Crippen LogP contribution in [0.15, 0.2) is 54.6 Å². The van der Waals surface area contributed by atoms with E-state index in [9.17, 15) is 9.90 Å². The average Bonchev–Trinajstić information content (AvgIpc) is 2.90. The number of hydrogen-bond acceptors (Lipinski definition) is 8. The second-order valence-electron chi connectivity index (χ2n) is 7.24. The molecule has 0 aliphatic heterocycles. The van der Waals surface area contributed by atoms with E-state index in [4.69, 9.17) is 28.4 Å². The van der Waals surface area contributed by atoms with E-state index in [0.29, 0.717) is 23.7 Å². The zero-order valence-electron chi connectivity index (χ0n) is 20.3. The molecule has 0 saturated heterocycles. The number of carbonyl (C=O) groups is 1. The first-order valence-electron chi connectivity index (χ1n) is 10.6. The van der Waals surface area contributed by atoms with E-state index >= 15 is 0 Å². The van der Waals surface area contributed by atoms with Crippen LogP contribution in [0.1, 0.15) is 21.5 Å². The summed E-state index contributed by atoms with van der Waals surface area (Å²) < 4.78 is 32.6. The predicted octanol–water partition coefficient (Wildman–Crippen LogP) is 4.91. The molecular weight excluding hydrogens is 452 g/mol. The van der Waals surface area contributed by atoms with Gasteiger partial charge in [0.05, 0.1) is 35.5 Å². The molecule has 0 heterocycles. The maximum Gasteiger partial charge on any atom is 0.211 e. The van der Waals surface area contributed by atoms with Gasteiger partial charge < -0.3 is 33.5 Å². The molecule has 0 aromatic heterocycles. The molecule has 0 aliphatic rings. The van der Waals surface area contributed by atoms with Gasteiger partial charge in [-0.3, -0.25) is 4.79 Å². The molecule has 0 amide bonds. The number of allylic oxidation sites excluding steroid dienone is 1. The summed E-state index contributed by atoms with van der Waals surface area (Å²) in [5.74, 6) is 0.375. The third-order valence-corrected chi connectivity index (χ3v) is 5.21. The van der Waals surface area contributed by atoms with Crippen molar-refractivity contribution < 1.29 is 38.3 Å². The smallest absolute Gasteiger partial charge is 0.211 e. The van der Waals surface area contributed by atoms with Crippen LogP contribution in [0.2, 0.25) is 0 Å². The lowest BCUT2D eigenvalue weighted by Crippen LogP contribution is -2.06. The van der Waals surface area contributed by atoms with Gasteiger partial charge in [-0.2, -0.15) is 0 Å². The van der Waals surface area contributed by atoms with Crippen LogP contribution >= 0.6 is 0 Å². The van der Waals surface area contributed by atoms with Crippen molar-refractivity contribution in [1.82, 2.24) is 0 Å². The second kappa shape index (κ2) is 11.7. The van der Waals surface area contributed by atoms with Gasteiger partial charge in [0, 0.05) is 0 Å². The molecule has 0 unspecified atom stereocenters. The Hall–Kier alpha value is -4.33. The Kier molecular flexibility index (Phi) is 8.45. The fourth-order valence-electron chi connectivity index (χ4n) is 3.53. The summed E-state index contributed by atoms with van der Waals surface area (Å²) in [6.45, 7) is 0.394. The number of phenolic OH excluding ortho intramolecular Hbond substituents is 1. The molecule has 0 radical (unpaired) electrons. The van der Waals surface area contributed by atoms with Crippen molar-refractivity contribution in [3.8, 4) is 40.2 Å². The van der Waals surface area contributed by atoms with Crippen LogP contribution < -0.4 is 28.4 Å². The number of ketones is 1. The van der Waals surface area contributed by atoms with Crippen LogP contribution in [0.4, 0.5) is 0 Å². The van der Waals surface area contributed by atoms with E-state index in [1.165, 1.54) is 34.5 Å². The number of methoxy groups -OCH3 is 5. The SMILES string of the molecule is COc1cc(/C=C/C(=O)c2c(O)c(OC)c(OC)c(OC)c2OC)ccc1OCc1ccccc1. The Morgan fingerprint density at radius 2 is 1.40 bits per heavy atom. The van der Waals surface area contributed by atoms with Crippen molar-refractivity contribution in [2.45, 2.75) is 6.61 Å². The first-order chi connectivity index (χ1) is 17.0. The fraction of sp³-hybridized carbons (Fsp3) is 0.222. The lowest BCUT2D eigenvalue weighted by molar-refractivity contribution is 0.104. The van der Waals surface area contributed by atoms with Crippen LogP contribution in [-0.4, -0.2) is 46.4 Å². The van der Waals surface area contributed by atoms with Crippen LogP contribution in [0.3, 0.4) is 0 Å². The van der Waals surface area contributed by atoms with Crippen molar-refractivity contribution >= 4 is 11.9 Å². The summed E-state index contributed by atoms with van der Waals surface area (Å²) >= 11 is 0. The first kappa shape index (κ1) is 25.3. The molecule has 8 nitrogen and oxygen atoms in total. The Morgan fingerprint density at radius 3 is 2.00 bits per heavy atom.